The molecular weight excluding hydrogens is 269 g/mol. The number of thiocarbonyl (C=S) groups is 1. The van der Waals surface area contributed by atoms with Gasteiger partial charge in [0.15, 0.2) is 0 Å². The molecule has 0 unspecified atom stereocenters. The summed E-state index contributed by atoms with van der Waals surface area (Å²) in [6, 6.07) is 5.95. The summed E-state index contributed by atoms with van der Waals surface area (Å²) in [6.45, 7) is 2.05. The standard InChI is InChI=1S/C8H8INS/c1-5-3-2-4-6(7(5)9)8(10)11/h2-4H,1H3,(H2,10,11). The largest absolute Gasteiger partial charge is 0.389 e. The Morgan fingerprint density at radius 3 is 2.64 bits per heavy atom. The minimum atomic E-state index is 0.470. The first kappa shape index (κ1) is 8.93. The number of hydrogen-bond acceptors (Lipinski definition) is 1. The van der Waals surface area contributed by atoms with Gasteiger partial charge in [-0.05, 0) is 35.1 Å². The van der Waals surface area contributed by atoms with Crippen molar-refractivity contribution in [2.75, 3.05) is 0 Å². The molecular formula is C8H8INS. The van der Waals surface area contributed by atoms with E-state index in [-0.39, 0.29) is 0 Å². The first-order valence-corrected chi connectivity index (χ1v) is 4.66. The smallest absolute Gasteiger partial charge is 0.105 e. The van der Waals surface area contributed by atoms with Crippen LogP contribution in [0.4, 0.5) is 0 Å². The zero-order chi connectivity index (χ0) is 8.43. The van der Waals surface area contributed by atoms with Gasteiger partial charge >= 0.3 is 0 Å². The minimum Gasteiger partial charge on any atom is -0.389 e. The van der Waals surface area contributed by atoms with Crippen LogP contribution in [0.25, 0.3) is 0 Å². The quantitative estimate of drug-likeness (QED) is 0.629. The summed E-state index contributed by atoms with van der Waals surface area (Å²) in [5, 5.41) is 0. The predicted molar refractivity (Wildman–Crippen MR) is 59.8 cm³/mol. The lowest BCUT2D eigenvalue weighted by Crippen LogP contribution is -2.11. The van der Waals surface area contributed by atoms with Crippen molar-refractivity contribution in [3.05, 3.63) is 32.9 Å². The molecule has 1 aromatic carbocycles. The molecule has 0 aliphatic heterocycles. The summed E-state index contributed by atoms with van der Waals surface area (Å²) in [5.41, 5.74) is 7.70. The first-order valence-electron chi connectivity index (χ1n) is 3.18. The number of aryl methyl sites for hydroxylation is 1. The molecule has 0 saturated heterocycles. The lowest BCUT2D eigenvalue weighted by Gasteiger charge is -2.03. The van der Waals surface area contributed by atoms with Crippen molar-refractivity contribution < 1.29 is 0 Å². The van der Waals surface area contributed by atoms with E-state index in [0.29, 0.717) is 4.99 Å². The van der Waals surface area contributed by atoms with Crippen LogP contribution in [0.3, 0.4) is 0 Å². The maximum absolute atomic E-state index is 5.51. The highest BCUT2D eigenvalue weighted by atomic mass is 127. The molecule has 0 atom stereocenters. The second-order valence-electron chi connectivity index (χ2n) is 2.30. The highest BCUT2D eigenvalue weighted by Crippen LogP contribution is 2.15. The summed E-state index contributed by atoms with van der Waals surface area (Å²) < 4.78 is 1.15. The molecule has 1 rings (SSSR count). The summed E-state index contributed by atoms with van der Waals surface area (Å²) in [4.78, 5) is 0.470. The second-order valence-corrected chi connectivity index (χ2v) is 3.82. The molecule has 0 amide bonds. The molecule has 0 saturated carbocycles. The van der Waals surface area contributed by atoms with E-state index in [1.165, 1.54) is 5.56 Å². The van der Waals surface area contributed by atoms with Crippen LogP contribution in [0.2, 0.25) is 0 Å². The third kappa shape index (κ3) is 1.90. The van der Waals surface area contributed by atoms with E-state index < -0.39 is 0 Å². The van der Waals surface area contributed by atoms with Crippen molar-refractivity contribution in [1.29, 1.82) is 0 Å². The van der Waals surface area contributed by atoms with Crippen LogP contribution in [0, 0.1) is 10.5 Å². The van der Waals surface area contributed by atoms with E-state index in [0.717, 1.165) is 9.13 Å². The van der Waals surface area contributed by atoms with E-state index in [9.17, 15) is 0 Å². The lowest BCUT2D eigenvalue weighted by molar-refractivity contribution is 1.41. The number of rotatable bonds is 1. The Morgan fingerprint density at radius 1 is 1.55 bits per heavy atom. The van der Waals surface area contributed by atoms with Gasteiger partial charge in [0, 0.05) is 9.13 Å². The Labute approximate surface area is 85.1 Å². The van der Waals surface area contributed by atoms with Gasteiger partial charge in [-0.2, -0.15) is 0 Å². The van der Waals surface area contributed by atoms with Crippen molar-refractivity contribution in [2.45, 2.75) is 6.92 Å². The van der Waals surface area contributed by atoms with Gasteiger partial charge in [0.25, 0.3) is 0 Å². The van der Waals surface area contributed by atoms with Crippen molar-refractivity contribution in [3.63, 3.8) is 0 Å². The zero-order valence-electron chi connectivity index (χ0n) is 6.10. The van der Waals surface area contributed by atoms with Crippen LogP contribution in [-0.2, 0) is 0 Å². The van der Waals surface area contributed by atoms with Gasteiger partial charge in [-0.15, -0.1) is 0 Å². The molecule has 0 aromatic heterocycles. The van der Waals surface area contributed by atoms with Crippen LogP contribution in [0.15, 0.2) is 18.2 Å². The van der Waals surface area contributed by atoms with E-state index in [2.05, 4.69) is 22.6 Å². The molecule has 0 fully saturated rings. The fourth-order valence-corrected chi connectivity index (χ4v) is 1.84. The van der Waals surface area contributed by atoms with E-state index >= 15 is 0 Å². The van der Waals surface area contributed by atoms with Crippen LogP contribution >= 0.6 is 34.8 Å². The van der Waals surface area contributed by atoms with Gasteiger partial charge < -0.3 is 5.73 Å². The fraction of sp³-hybridized carbons (Fsp3) is 0.125. The second kappa shape index (κ2) is 3.49. The van der Waals surface area contributed by atoms with E-state index in [1.807, 2.05) is 25.1 Å². The average Bonchev–Trinajstić information content (AvgIpc) is 1.94. The van der Waals surface area contributed by atoms with Crippen molar-refractivity contribution in [3.8, 4) is 0 Å². The minimum absolute atomic E-state index is 0.470. The molecule has 1 nitrogen and oxygen atoms in total. The molecule has 0 spiro atoms. The molecule has 58 valence electrons. The van der Waals surface area contributed by atoms with Gasteiger partial charge in [0.1, 0.15) is 4.99 Å². The van der Waals surface area contributed by atoms with Crippen LogP contribution in [0.1, 0.15) is 11.1 Å². The van der Waals surface area contributed by atoms with Crippen LogP contribution in [-0.4, -0.2) is 4.99 Å². The van der Waals surface area contributed by atoms with E-state index in [1.54, 1.807) is 0 Å². The van der Waals surface area contributed by atoms with Crippen molar-refractivity contribution >= 4 is 39.8 Å². The zero-order valence-corrected chi connectivity index (χ0v) is 9.07. The highest BCUT2D eigenvalue weighted by Gasteiger charge is 2.02. The highest BCUT2D eigenvalue weighted by molar-refractivity contribution is 14.1. The Morgan fingerprint density at radius 2 is 2.18 bits per heavy atom. The maximum atomic E-state index is 5.51. The first-order chi connectivity index (χ1) is 5.13. The lowest BCUT2D eigenvalue weighted by atomic mass is 10.1. The van der Waals surface area contributed by atoms with Gasteiger partial charge in [0.2, 0.25) is 0 Å². The monoisotopic (exact) mass is 277 g/mol. The predicted octanol–water partition coefficient (Wildman–Crippen LogP) is 2.23. The topological polar surface area (TPSA) is 26.0 Å². The molecule has 11 heavy (non-hydrogen) atoms. The number of hydrogen-bond donors (Lipinski definition) is 1. The van der Waals surface area contributed by atoms with Gasteiger partial charge in [-0.25, -0.2) is 0 Å². The van der Waals surface area contributed by atoms with Crippen molar-refractivity contribution in [1.82, 2.24) is 0 Å². The Balaban J connectivity index is 3.27. The normalized spacial score (nSPS) is 9.64. The molecule has 3 heteroatoms. The summed E-state index contributed by atoms with van der Waals surface area (Å²) in [6.07, 6.45) is 0. The van der Waals surface area contributed by atoms with Gasteiger partial charge in [-0.1, -0.05) is 30.4 Å². The fourth-order valence-electron chi connectivity index (χ4n) is 0.838. The molecule has 0 heterocycles. The molecule has 2 N–H and O–H groups in total. The SMILES string of the molecule is Cc1cccc(C(N)=S)c1I. The molecule has 0 aliphatic carbocycles. The van der Waals surface area contributed by atoms with Crippen LogP contribution < -0.4 is 5.73 Å². The Kier molecular flexibility index (Phi) is 2.84. The maximum Gasteiger partial charge on any atom is 0.105 e. The summed E-state index contributed by atoms with van der Waals surface area (Å²) >= 11 is 7.13. The average molecular weight is 277 g/mol. The molecule has 0 bridgehead atoms. The van der Waals surface area contributed by atoms with E-state index in [4.69, 9.17) is 18.0 Å². The van der Waals surface area contributed by atoms with Crippen LogP contribution in [0.5, 0.6) is 0 Å². The number of nitrogens with two attached hydrogens (primary N) is 1. The third-order valence-electron chi connectivity index (χ3n) is 1.46. The number of benzene rings is 1. The van der Waals surface area contributed by atoms with Gasteiger partial charge in [0.05, 0.1) is 0 Å². The van der Waals surface area contributed by atoms with Crippen molar-refractivity contribution in [2.24, 2.45) is 5.73 Å². The molecule has 0 radical (unpaired) electrons. The molecule has 0 aliphatic rings. The molecule has 1 aromatic rings. The summed E-state index contributed by atoms with van der Waals surface area (Å²) in [5.74, 6) is 0. The Hall–Kier alpha value is -0.160. The Bertz CT molecular complexity index is 296. The van der Waals surface area contributed by atoms with Gasteiger partial charge in [-0.3, -0.25) is 0 Å². The summed E-state index contributed by atoms with van der Waals surface area (Å²) in [7, 11) is 0. The number of halogens is 1. The third-order valence-corrected chi connectivity index (χ3v) is 3.11.